The van der Waals surface area contributed by atoms with Crippen LogP contribution < -0.4 is 20.3 Å². The van der Waals surface area contributed by atoms with Crippen molar-refractivity contribution in [1.29, 1.82) is 0 Å². The van der Waals surface area contributed by atoms with Crippen molar-refractivity contribution in [3.05, 3.63) is 112 Å². The lowest BCUT2D eigenvalue weighted by molar-refractivity contribution is -0.0950. The van der Waals surface area contributed by atoms with Gasteiger partial charge >= 0.3 is 0 Å². The highest BCUT2D eigenvalue weighted by molar-refractivity contribution is 5.81. The summed E-state index contributed by atoms with van der Waals surface area (Å²) in [5, 5.41) is 19.7. The number of methoxy groups -OCH3 is 2. The molecule has 11 nitrogen and oxygen atoms in total. The third-order valence-electron chi connectivity index (χ3n) is 9.43. The fourth-order valence-electron chi connectivity index (χ4n) is 6.60. The van der Waals surface area contributed by atoms with E-state index in [1.165, 1.54) is 0 Å². The van der Waals surface area contributed by atoms with E-state index in [1.54, 1.807) is 18.9 Å². The number of aromatic nitrogens is 4. The highest BCUT2D eigenvalue weighted by Crippen LogP contribution is 2.43. The maximum absolute atomic E-state index is 13.5. The zero-order chi connectivity index (χ0) is 38.1. The second-order valence-corrected chi connectivity index (χ2v) is 13.6. The number of anilines is 1. The minimum atomic E-state index is -1.10. The quantitative estimate of drug-likeness (QED) is 0.0636. The second-order valence-electron chi connectivity index (χ2n) is 13.6. The molecule has 0 saturated carbocycles. The first kappa shape index (κ1) is 38.1. The molecule has 3 heterocycles. The number of ether oxygens (including phenoxy) is 4. The number of hydrogen-bond acceptors (Lipinski definition) is 9. The lowest BCUT2D eigenvalue weighted by atomic mass is 9.80. The Balaban J connectivity index is 1.35. The second kappa shape index (κ2) is 17.5. The molecule has 2 aromatic heterocycles. The Morgan fingerprint density at radius 1 is 0.981 bits per heavy atom. The van der Waals surface area contributed by atoms with Crippen LogP contribution in [0.5, 0.6) is 11.5 Å². The van der Waals surface area contributed by atoms with Crippen LogP contribution in [0.2, 0.25) is 0 Å². The SMILES string of the molecule is C#CCCCCC#Cc1nn([C@H]2C[C@H](O)[C@@H](COC(c3ccccc3)(c3ccc(OC)cc3)c3ccc(OC)cc3)O2)c2nc(NCC(C)C)[nH]c(=O)c12. The van der Waals surface area contributed by atoms with Gasteiger partial charge in [-0.25, -0.2) is 4.68 Å². The van der Waals surface area contributed by atoms with E-state index in [1.807, 2.05) is 78.9 Å². The van der Waals surface area contributed by atoms with Gasteiger partial charge in [-0.05, 0) is 65.6 Å². The largest absolute Gasteiger partial charge is 0.497 e. The van der Waals surface area contributed by atoms with Gasteiger partial charge in [0, 0.05) is 25.8 Å². The van der Waals surface area contributed by atoms with Gasteiger partial charge in [-0.2, -0.15) is 10.1 Å². The molecule has 54 heavy (non-hydrogen) atoms. The summed E-state index contributed by atoms with van der Waals surface area (Å²) in [7, 11) is 3.26. The molecule has 11 heteroatoms. The van der Waals surface area contributed by atoms with Gasteiger partial charge < -0.3 is 29.4 Å². The Morgan fingerprint density at radius 3 is 2.22 bits per heavy atom. The van der Waals surface area contributed by atoms with E-state index in [0.29, 0.717) is 54.1 Å². The third kappa shape index (κ3) is 8.30. The maximum Gasteiger partial charge on any atom is 0.264 e. The number of aromatic amines is 1. The van der Waals surface area contributed by atoms with Gasteiger partial charge in [-0.3, -0.25) is 9.78 Å². The van der Waals surface area contributed by atoms with Crippen LogP contribution in [0.3, 0.4) is 0 Å². The molecule has 0 aliphatic carbocycles. The van der Waals surface area contributed by atoms with Crippen LogP contribution in [0.15, 0.2) is 83.7 Å². The molecule has 0 amide bonds. The van der Waals surface area contributed by atoms with Gasteiger partial charge in [0.1, 0.15) is 28.6 Å². The molecule has 1 aliphatic rings. The number of rotatable bonds is 15. The van der Waals surface area contributed by atoms with Crippen molar-refractivity contribution in [2.24, 2.45) is 5.92 Å². The van der Waals surface area contributed by atoms with Crippen LogP contribution in [0.25, 0.3) is 11.0 Å². The molecule has 0 unspecified atom stereocenters. The highest BCUT2D eigenvalue weighted by Gasteiger charge is 2.42. The summed E-state index contributed by atoms with van der Waals surface area (Å²) in [6, 6.07) is 25.4. The van der Waals surface area contributed by atoms with Crippen LogP contribution in [0.4, 0.5) is 5.95 Å². The average molecular weight is 730 g/mol. The van der Waals surface area contributed by atoms with Crippen LogP contribution in [-0.4, -0.2) is 64.4 Å². The Bertz CT molecular complexity index is 2110. The molecule has 0 bridgehead atoms. The van der Waals surface area contributed by atoms with Crippen molar-refractivity contribution in [3.8, 4) is 35.7 Å². The average Bonchev–Trinajstić information content (AvgIpc) is 3.76. The number of aliphatic hydroxyl groups is 1. The molecular formula is C43H47N5O6. The van der Waals surface area contributed by atoms with E-state index in [9.17, 15) is 9.90 Å². The number of hydrogen-bond donors (Lipinski definition) is 3. The van der Waals surface area contributed by atoms with Crippen LogP contribution in [0, 0.1) is 30.1 Å². The van der Waals surface area contributed by atoms with Gasteiger partial charge in [0.2, 0.25) is 5.95 Å². The molecule has 3 N–H and O–H groups in total. The zero-order valence-electron chi connectivity index (χ0n) is 31.2. The van der Waals surface area contributed by atoms with Crippen molar-refractivity contribution < 1.29 is 24.1 Å². The molecule has 280 valence electrons. The molecule has 5 aromatic rings. The van der Waals surface area contributed by atoms with Crippen molar-refractivity contribution in [1.82, 2.24) is 19.7 Å². The fraction of sp³-hybridized carbons (Fsp3) is 0.372. The topological polar surface area (TPSA) is 133 Å². The van der Waals surface area contributed by atoms with E-state index in [2.05, 4.69) is 41.9 Å². The summed E-state index contributed by atoms with van der Waals surface area (Å²) in [6.07, 6.45) is 6.17. The van der Waals surface area contributed by atoms with Gasteiger partial charge in [0.05, 0.1) is 26.9 Å². The van der Waals surface area contributed by atoms with Gasteiger partial charge in [0.25, 0.3) is 5.56 Å². The zero-order valence-corrected chi connectivity index (χ0v) is 31.2. The Hall–Kier alpha value is -5.59. The summed E-state index contributed by atoms with van der Waals surface area (Å²) >= 11 is 0. The Morgan fingerprint density at radius 2 is 1.61 bits per heavy atom. The summed E-state index contributed by atoms with van der Waals surface area (Å²) in [5.41, 5.74) is 1.74. The van der Waals surface area contributed by atoms with E-state index in [4.69, 9.17) is 35.5 Å². The number of benzene rings is 3. The van der Waals surface area contributed by atoms with Crippen LogP contribution >= 0.6 is 0 Å². The molecule has 3 atom stereocenters. The van der Waals surface area contributed by atoms with Crippen molar-refractivity contribution in [2.75, 3.05) is 32.7 Å². The first-order valence-corrected chi connectivity index (χ1v) is 18.3. The number of terminal acetylenes is 1. The van der Waals surface area contributed by atoms with E-state index in [0.717, 1.165) is 29.5 Å². The lowest BCUT2D eigenvalue weighted by Gasteiger charge is -2.37. The number of unbranched alkanes of at least 4 members (excludes halogenated alkanes) is 3. The smallest absolute Gasteiger partial charge is 0.264 e. The molecule has 0 spiro atoms. The minimum Gasteiger partial charge on any atom is -0.497 e. The van der Waals surface area contributed by atoms with E-state index < -0.39 is 24.0 Å². The maximum atomic E-state index is 13.5. The first-order chi connectivity index (χ1) is 26.3. The summed E-state index contributed by atoms with van der Waals surface area (Å²) < 4.78 is 26.1. The fourth-order valence-corrected chi connectivity index (χ4v) is 6.60. The molecule has 3 aromatic carbocycles. The monoisotopic (exact) mass is 729 g/mol. The molecule has 6 rings (SSSR count). The van der Waals surface area contributed by atoms with Crippen LogP contribution in [0.1, 0.15) is 74.6 Å². The van der Waals surface area contributed by atoms with E-state index in [-0.39, 0.29) is 24.0 Å². The third-order valence-corrected chi connectivity index (χ3v) is 9.43. The predicted molar refractivity (Wildman–Crippen MR) is 208 cm³/mol. The molecule has 1 aliphatic heterocycles. The number of nitrogens with zero attached hydrogens (tertiary/aromatic N) is 3. The lowest BCUT2D eigenvalue weighted by Crippen LogP contribution is -2.38. The minimum absolute atomic E-state index is 0.0172. The summed E-state index contributed by atoms with van der Waals surface area (Å²) in [6.45, 7) is 4.76. The first-order valence-electron chi connectivity index (χ1n) is 18.3. The molecule has 1 saturated heterocycles. The summed E-state index contributed by atoms with van der Waals surface area (Å²) in [5.74, 6) is 10.9. The number of aliphatic hydroxyl groups excluding tert-OH is 1. The van der Waals surface area contributed by atoms with Crippen molar-refractivity contribution in [3.63, 3.8) is 0 Å². The van der Waals surface area contributed by atoms with Crippen molar-refractivity contribution in [2.45, 2.75) is 70.0 Å². The van der Waals surface area contributed by atoms with Gasteiger partial charge in [-0.15, -0.1) is 12.3 Å². The van der Waals surface area contributed by atoms with Crippen molar-refractivity contribution >= 4 is 17.0 Å². The molecular weight excluding hydrogens is 683 g/mol. The number of fused-ring (bicyclic) bond motifs is 1. The van der Waals surface area contributed by atoms with E-state index >= 15 is 0 Å². The standard InChI is InChI=1S/C43H47N5O6/c1-6-7-8-9-10-14-17-35-39-40(45-42(46-41(39)50)44-27-29(2)3)48(47-35)38-26-36(49)37(54-38)28-53-43(30-15-12-11-13-16-30,31-18-22-33(51-4)23-19-31)32-20-24-34(52-5)25-21-32/h1,11-13,15-16,18-25,29,36-38,49H,7-10,26-28H2,2-5H3,(H2,44,45,46,50)/t36-,37+,38+/m0/s1. The Kier molecular flexibility index (Phi) is 12.4. The highest BCUT2D eigenvalue weighted by atomic mass is 16.6. The Labute approximate surface area is 316 Å². The number of nitrogens with one attached hydrogen (secondary N) is 2. The van der Waals surface area contributed by atoms with Crippen LogP contribution in [-0.2, 0) is 15.1 Å². The normalized spacial score (nSPS) is 16.9. The predicted octanol–water partition coefficient (Wildman–Crippen LogP) is 6.41. The molecule has 1 fully saturated rings. The number of H-pyrrole nitrogens is 1. The molecule has 0 radical (unpaired) electrons. The summed E-state index contributed by atoms with van der Waals surface area (Å²) in [4.78, 5) is 21.1. The van der Waals surface area contributed by atoms with Gasteiger partial charge in [-0.1, -0.05) is 74.4 Å². The van der Waals surface area contributed by atoms with Gasteiger partial charge in [0.15, 0.2) is 17.6 Å².